The summed E-state index contributed by atoms with van der Waals surface area (Å²) in [7, 11) is -3.88. The third-order valence-corrected chi connectivity index (χ3v) is 11.7. The van der Waals surface area contributed by atoms with Gasteiger partial charge in [-0.25, -0.2) is 13.2 Å². The van der Waals surface area contributed by atoms with E-state index >= 15 is 0 Å². The molecule has 0 aromatic carbocycles. The molecule has 3 aliphatic carbocycles. The standard InChI is InChI=1S/C35H45N5O9S/c1-5-22-18-35(22,32(43)39-50(45,46)26-10-11-26)38-30(41)28-17-25(48-24-12-14-36-27(16-24)21-13-15-47-20-21)19-40(28)31(42)29(34(2,3)4)37-33(44)49-23-8-6-7-9-23/h5,12-16,20,22-23,25-26,28-29H,1,6-11,17-19H2,2-4H3,(H,37,44)(H,38,41)(H,39,43)/t22-,25-,28+,29-,35-/m1/s1. The normalized spacial score (nSPS) is 25.7. The lowest BCUT2D eigenvalue weighted by Crippen LogP contribution is -2.60. The number of nitrogens with zero attached hydrogens (tertiary/aromatic N) is 2. The Labute approximate surface area is 291 Å². The van der Waals surface area contributed by atoms with Crippen LogP contribution in [0, 0.1) is 11.3 Å². The lowest BCUT2D eigenvalue weighted by atomic mass is 9.85. The highest BCUT2D eigenvalue weighted by atomic mass is 32.2. The van der Waals surface area contributed by atoms with Crippen molar-refractivity contribution in [2.24, 2.45) is 11.3 Å². The number of rotatable bonds is 12. The van der Waals surface area contributed by atoms with E-state index in [4.69, 9.17) is 13.9 Å². The Balaban J connectivity index is 1.24. The molecule has 6 rings (SSSR count). The van der Waals surface area contributed by atoms with E-state index in [-0.39, 0.29) is 25.5 Å². The summed E-state index contributed by atoms with van der Waals surface area (Å²) in [6.45, 7) is 9.16. The molecule has 3 saturated carbocycles. The van der Waals surface area contributed by atoms with Crippen molar-refractivity contribution in [3.63, 3.8) is 0 Å². The van der Waals surface area contributed by atoms with Crippen LogP contribution in [0.1, 0.15) is 72.1 Å². The first-order valence-electron chi connectivity index (χ1n) is 17.1. The summed E-state index contributed by atoms with van der Waals surface area (Å²) >= 11 is 0. The first kappa shape index (κ1) is 35.4. The van der Waals surface area contributed by atoms with Gasteiger partial charge < -0.3 is 29.4 Å². The van der Waals surface area contributed by atoms with E-state index in [1.165, 1.54) is 17.2 Å². The molecular formula is C35H45N5O9S. The second-order valence-corrected chi connectivity index (χ2v) is 16.8. The van der Waals surface area contributed by atoms with E-state index < -0.39 is 74.1 Å². The first-order chi connectivity index (χ1) is 23.7. The van der Waals surface area contributed by atoms with Gasteiger partial charge in [0.15, 0.2) is 0 Å². The molecule has 4 fully saturated rings. The van der Waals surface area contributed by atoms with Crippen LogP contribution in [-0.4, -0.2) is 83.7 Å². The fourth-order valence-electron chi connectivity index (χ4n) is 6.76. The number of likely N-dealkylation sites (tertiary alicyclic amines) is 1. The quantitative estimate of drug-likeness (QED) is 0.276. The molecule has 2 aromatic rings. The highest BCUT2D eigenvalue weighted by Crippen LogP contribution is 2.45. The van der Waals surface area contributed by atoms with Crippen molar-refractivity contribution in [2.45, 2.75) is 107 Å². The molecule has 5 atom stereocenters. The van der Waals surface area contributed by atoms with Crippen LogP contribution in [0.25, 0.3) is 11.3 Å². The predicted molar refractivity (Wildman–Crippen MR) is 181 cm³/mol. The number of hydrogen-bond donors (Lipinski definition) is 3. The third-order valence-electron chi connectivity index (χ3n) is 9.90. The van der Waals surface area contributed by atoms with Gasteiger partial charge >= 0.3 is 6.09 Å². The monoisotopic (exact) mass is 711 g/mol. The van der Waals surface area contributed by atoms with Gasteiger partial charge in [-0.1, -0.05) is 26.8 Å². The van der Waals surface area contributed by atoms with Crippen molar-refractivity contribution in [1.82, 2.24) is 25.2 Å². The SMILES string of the molecule is C=C[C@@H]1C[C@]1(NC(=O)[C@@H]1C[C@@H](Oc2ccnc(-c3ccoc3)c2)CN1C(=O)[C@@H](NC(=O)OC1CCCC1)C(C)(C)C)C(=O)NS(=O)(=O)C1CC1. The second-order valence-electron chi connectivity index (χ2n) is 14.8. The Morgan fingerprint density at radius 3 is 2.48 bits per heavy atom. The van der Waals surface area contributed by atoms with Crippen molar-refractivity contribution in [2.75, 3.05) is 6.54 Å². The van der Waals surface area contributed by atoms with Gasteiger partial charge in [0.25, 0.3) is 5.91 Å². The van der Waals surface area contributed by atoms with E-state index in [2.05, 4.69) is 26.9 Å². The van der Waals surface area contributed by atoms with E-state index in [0.717, 1.165) is 31.2 Å². The molecule has 2 aromatic heterocycles. The molecule has 0 radical (unpaired) electrons. The molecule has 50 heavy (non-hydrogen) atoms. The number of sulfonamides is 1. The van der Waals surface area contributed by atoms with Crippen LogP contribution < -0.4 is 20.1 Å². The van der Waals surface area contributed by atoms with Gasteiger partial charge in [0.05, 0.1) is 30.0 Å². The highest BCUT2D eigenvalue weighted by Gasteiger charge is 2.62. The van der Waals surface area contributed by atoms with Gasteiger partial charge in [-0.2, -0.15) is 0 Å². The number of alkyl carbamates (subject to hydrolysis) is 1. The Bertz CT molecular complexity index is 1730. The van der Waals surface area contributed by atoms with Crippen LogP contribution in [0.15, 0.2) is 54.0 Å². The minimum absolute atomic E-state index is 0.00758. The molecule has 3 heterocycles. The van der Waals surface area contributed by atoms with Crippen molar-refractivity contribution in [3.05, 3.63) is 49.6 Å². The number of ether oxygens (including phenoxy) is 2. The van der Waals surface area contributed by atoms with Gasteiger partial charge in [0.2, 0.25) is 21.8 Å². The van der Waals surface area contributed by atoms with Crippen molar-refractivity contribution >= 4 is 33.8 Å². The van der Waals surface area contributed by atoms with Crippen molar-refractivity contribution in [3.8, 4) is 17.0 Å². The number of hydrogen-bond acceptors (Lipinski definition) is 10. The van der Waals surface area contributed by atoms with Crippen molar-refractivity contribution < 1.29 is 41.5 Å². The molecule has 1 aliphatic heterocycles. The van der Waals surface area contributed by atoms with Gasteiger partial charge in [-0.3, -0.25) is 24.1 Å². The summed E-state index contributed by atoms with van der Waals surface area (Å²) in [5.41, 5.74) is -0.967. The molecule has 270 valence electrons. The molecule has 0 spiro atoms. The molecule has 1 saturated heterocycles. The molecule has 3 N–H and O–H groups in total. The zero-order valence-electron chi connectivity index (χ0n) is 28.6. The highest BCUT2D eigenvalue weighted by molar-refractivity contribution is 7.91. The van der Waals surface area contributed by atoms with Crippen molar-refractivity contribution in [1.29, 1.82) is 0 Å². The number of aromatic nitrogens is 1. The van der Waals surface area contributed by atoms with Crippen LogP contribution in [0.5, 0.6) is 5.75 Å². The third kappa shape index (κ3) is 7.67. The number of amides is 4. The summed E-state index contributed by atoms with van der Waals surface area (Å²) in [6.07, 6.45) is 9.17. The summed E-state index contributed by atoms with van der Waals surface area (Å²) in [5, 5.41) is 4.91. The summed E-state index contributed by atoms with van der Waals surface area (Å²) in [4.78, 5) is 60.7. The molecule has 4 aliphatic rings. The van der Waals surface area contributed by atoms with Crippen LogP contribution in [0.2, 0.25) is 0 Å². The van der Waals surface area contributed by atoms with Crippen LogP contribution in [0.3, 0.4) is 0 Å². The molecule has 4 amide bonds. The predicted octanol–water partition coefficient (Wildman–Crippen LogP) is 3.44. The average Bonchev–Trinajstić information content (AvgIpc) is 3.81. The van der Waals surface area contributed by atoms with Gasteiger partial charge in [0.1, 0.15) is 35.6 Å². The first-order valence-corrected chi connectivity index (χ1v) is 18.7. The fraction of sp³-hybridized carbons (Fsp3) is 0.571. The average molecular weight is 712 g/mol. The van der Waals surface area contributed by atoms with Crippen LogP contribution >= 0.6 is 0 Å². The molecule has 0 unspecified atom stereocenters. The maximum absolute atomic E-state index is 14.4. The van der Waals surface area contributed by atoms with E-state index in [9.17, 15) is 27.6 Å². The van der Waals surface area contributed by atoms with Crippen LogP contribution in [-0.2, 0) is 29.1 Å². The Hall–Kier alpha value is -4.40. The maximum atomic E-state index is 14.4. The van der Waals surface area contributed by atoms with Gasteiger partial charge in [-0.15, -0.1) is 6.58 Å². The molecular weight excluding hydrogens is 666 g/mol. The number of carbonyl (C=O) groups excluding carboxylic acids is 4. The lowest BCUT2D eigenvalue weighted by molar-refractivity contribution is -0.143. The van der Waals surface area contributed by atoms with E-state index in [0.29, 0.717) is 24.3 Å². The summed E-state index contributed by atoms with van der Waals surface area (Å²) < 4.78 is 44.5. The number of carbonyl (C=O) groups is 4. The largest absolute Gasteiger partial charge is 0.488 e. The van der Waals surface area contributed by atoms with Gasteiger partial charge in [-0.05, 0) is 62.5 Å². The topological polar surface area (TPSA) is 186 Å². The fourth-order valence-corrected chi connectivity index (χ4v) is 8.13. The lowest BCUT2D eigenvalue weighted by Gasteiger charge is -2.35. The molecule has 15 heteroatoms. The Kier molecular flexibility index (Phi) is 9.72. The van der Waals surface area contributed by atoms with Gasteiger partial charge in [0, 0.05) is 30.2 Å². The Morgan fingerprint density at radius 2 is 1.86 bits per heavy atom. The second kappa shape index (κ2) is 13.7. The molecule has 0 bridgehead atoms. The number of furan rings is 1. The Morgan fingerprint density at radius 1 is 1.12 bits per heavy atom. The smallest absolute Gasteiger partial charge is 0.408 e. The van der Waals surface area contributed by atoms with E-state index in [1.54, 1.807) is 51.4 Å². The zero-order valence-corrected chi connectivity index (χ0v) is 29.4. The zero-order chi connectivity index (χ0) is 35.8. The van der Waals surface area contributed by atoms with E-state index in [1.807, 2.05) is 0 Å². The number of pyridine rings is 1. The minimum atomic E-state index is -3.88. The summed E-state index contributed by atoms with van der Waals surface area (Å²) in [6, 6.07) is 2.97. The maximum Gasteiger partial charge on any atom is 0.408 e. The number of nitrogens with one attached hydrogen (secondary N) is 3. The van der Waals surface area contributed by atoms with Crippen LogP contribution in [0.4, 0.5) is 4.79 Å². The minimum Gasteiger partial charge on any atom is -0.488 e. The molecule has 14 nitrogen and oxygen atoms in total. The summed E-state index contributed by atoms with van der Waals surface area (Å²) in [5.74, 6) is -2.06.